The summed E-state index contributed by atoms with van der Waals surface area (Å²) in [6.45, 7) is 0. The lowest BCUT2D eigenvalue weighted by Gasteiger charge is -2.08. The van der Waals surface area contributed by atoms with Gasteiger partial charge in [0.2, 0.25) is 0 Å². The minimum atomic E-state index is 0.477. The summed E-state index contributed by atoms with van der Waals surface area (Å²) < 4.78 is 10.3. The van der Waals surface area contributed by atoms with Crippen molar-refractivity contribution in [2.45, 2.75) is 0 Å². The maximum absolute atomic E-state index is 8.91. The standard InChI is InChI=1S/C17H16ClNO3/c1-21-14-7-3-12(4-8-14)16(11-19-20)17(18)13-5-9-15(22-2)10-6-13/h3-11,20H,1-2H3/b17-16+,19-11-. The van der Waals surface area contributed by atoms with E-state index in [1.165, 1.54) is 6.21 Å². The lowest BCUT2D eigenvalue weighted by molar-refractivity contribution is 0.322. The second-order valence-electron chi connectivity index (χ2n) is 4.43. The first kappa shape index (κ1) is 15.9. The molecule has 0 bridgehead atoms. The summed E-state index contributed by atoms with van der Waals surface area (Å²) in [7, 11) is 3.21. The van der Waals surface area contributed by atoms with Crippen LogP contribution in [-0.2, 0) is 0 Å². The number of benzene rings is 2. The Hall–Kier alpha value is -2.46. The van der Waals surface area contributed by atoms with Crippen LogP contribution in [0.25, 0.3) is 10.6 Å². The number of halogens is 1. The highest BCUT2D eigenvalue weighted by Crippen LogP contribution is 2.30. The molecule has 0 saturated carbocycles. The van der Waals surface area contributed by atoms with E-state index in [0.29, 0.717) is 10.6 Å². The molecule has 2 aromatic rings. The zero-order chi connectivity index (χ0) is 15.9. The molecule has 0 radical (unpaired) electrons. The fourth-order valence-corrected chi connectivity index (χ4v) is 2.26. The van der Waals surface area contributed by atoms with E-state index < -0.39 is 0 Å². The van der Waals surface area contributed by atoms with Crippen molar-refractivity contribution in [2.75, 3.05) is 14.2 Å². The zero-order valence-electron chi connectivity index (χ0n) is 12.3. The van der Waals surface area contributed by atoms with Gasteiger partial charge >= 0.3 is 0 Å². The summed E-state index contributed by atoms with van der Waals surface area (Å²) in [5.74, 6) is 1.49. The highest BCUT2D eigenvalue weighted by molar-refractivity contribution is 6.56. The van der Waals surface area contributed by atoms with Crippen molar-refractivity contribution in [3.8, 4) is 11.5 Å². The van der Waals surface area contributed by atoms with Gasteiger partial charge in [0.25, 0.3) is 0 Å². The van der Waals surface area contributed by atoms with Gasteiger partial charge in [-0.1, -0.05) is 28.9 Å². The molecular formula is C17H16ClNO3. The van der Waals surface area contributed by atoms with E-state index in [-0.39, 0.29) is 0 Å². The Morgan fingerprint density at radius 1 is 0.909 bits per heavy atom. The fraction of sp³-hybridized carbons (Fsp3) is 0.118. The van der Waals surface area contributed by atoms with E-state index in [4.69, 9.17) is 26.3 Å². The van der Waals surface area contributed by atoms with Crippen molar-refractivity contribution in [3.05, 3.63) is 59.7 Å². The van der Waals surface area contributed by atoms with E-state index in [1.807, 2.05) is 48.5 Å². The fourth-order valence-electron chi connectivity index (χ4n) is 1.98. The smallest absolute Gasteiger partial charge is 0.118 e. The predicted octanol–water partition coefficient (Wildman–Crippen LogP) is 4.27. The summed E-state index contributed by atoms with van der Waals surface area (Å²) in [4.78, 5) is 0. The topological polar surface area (TPSA) is 51.0 Å². The van der Waals surface area contributed by atoms with E-state index in [0.717, 1.165) is 22.6 Å². The van der Waals surface area contributed by atoms with Gasteiger partial charge in [-0.15, -0.1) is 0 Å². The van der Waals surface area contributed by atoms with Crippen LogP contribution >= 0.6 is 11.6 Å². The molecular weight excluding hydrogens is 302 g/mol. The number of rotatable bonds is 5. The van der Waals surface area contributed by atoms with Crippen LogP contribution in [0.15, 0.2) is 53.7 Å². The van der Waals surface area contributed by atoms with Crippen molar-refractivity contribution in [1.82, 2.24) is 0 Å². The Labute approximate surface area is 134 Å². The van der Waals surface area contributed by atoms with E-state index >= 15 is 0 Å². The maximum atomic E-state index is 8.91. The lowest BCUT2D eigenvalue weighted by atomic mass is 10.0. The van der Waals surface area contributed by atoms with Crippen LogP contribution in [0, 0.1) is 0 Å². The van der Waals surface area contributed by atoms with Crippen molar-refractivity contribution >= 4 is 28.4 Å². The average Bonchev–Trinajstić information content (AvgIpc) is 2.59. The first-order chi connectivity index (χ1) is 10.7. The van der Waals surface area contributed by atoms with Gasteiger partial charge in [-0.25, -0.2) is 0 Å². The molecule has 0 spiro atoms. The van der Waals surface area contributed by atoms with Gasteiger partial charge in [-0.3, -0.25) is 0 Å². The third-order valence-electron chi connectivity index (χ3n) is 3.17. The van der Waals surface area contributed by atoms with Crippen molar-refractivity contribution in [1.29, 1.82) is 0 Å². The minimum absolute atomic E-state index is 0.477. The monoisotopic (exact) mass is 317 g/mol. The third-order valence-corrected chi connectivity index (χ3v) is 3.59. The lowest BCUT2D eigenvalue weighted by Crippen LogP contribution is -1.92. The molecule has 1 N–H and O–H groups in total. The van der Waals surface area contributed by atoms with E-state index in [2.05, 4.69) is 5.16 Å². The Morgan fingerprint density at radius 3 is 1.77 bits per heavy atom. The highest BCUT2D eigenvalue weighted by Gasteiger charge is 2.09. The van der Waals surface area contributed by atoms with Gasteiger partial charge in [-0.2, -0.15) is 0 Å². The molecule has 0 atom stereocenters. The van der Waals surface area contributed by atoms with E-state index in [1.54, 1.807) is 14.2 Å². The average molecular weight is 318 g/mol. The van der Waals surface area contributed by atoms with Gasteiger partial charge in [0.15, 0.2) is 0 Å². The molecule has 2 aromatic carbocycles. The molecule has 22 heavy (non-hydrogen) atoms. The van der Waals surface area contributed by atoms with Crippen molar-refractivity contribution in [2.24, 2.45) is 5.16 Å². The first-order valence-electron chi connectivity index (χ1n) is 6.55. The molecule has 0 amide bonds. The molecule has 0 unspecified atom stereocenters. The maximum Gasteiger partial charge on any atom is 0.118 e. The summed E-state index contributed by atoms with van der Waals surface area (Å²) in [5.41, 5.74) is 2.23. The molecule has 2 rings (SSSR count). The van der Waals surface area contributed by atoms with E-state index in [9.17, 15) is 0 Å². The van der Waals surface area contributed by atoms with Crippen molar-refractivity contribution < 1.29 is 14.7 Å². The molecule has 0 aromatic heterocycles. The Bertz CT molecular complexity index is 676. The number of ether oxygens (including phenoxy) is 2. The minimum Gasteiger partial charge on any atom is -0.497 e. The summed E-state index contributed by atoms with van der Waals surface area (Å²) in [6, 6.07) is 14.7. The number of methoxy groups -OCH3 is 2. The number of oxime groups is 1. The van der Waals surface area contributed by atoms with Crippen LogP contribution in [0.3, 0.4) is 0 Å². The predicted molar refractivity (Wildman–Crippen MR) is 88.9 cm³/mol. The molecule has 114 valence electrons. The normalized spacial score (nSPS) is 12.1. The quantitative estimate of drug-likeness (QED) is 0.388. The molecule has 5 heteroatoms. The molecule has 0 fully saturated rings. The molecule has 4 nitrogen and oxygen atoms in total. The largest absolute Gasteiger partial charge is 0.497 e. The van der Waals surface area contributed by atoms with Gasteiger partial charge < -0.3 is 14.7 Å². The third kappa shape index (κ3) is 3.59. The van der Waals surface area contributed by atoms with Crippen LogP contribution in [0.5, 0.6) is 11.5 Å². The molecule has 0 heterocycles. The van der Waals surface area contributed by atoms with Crippen molar-refractivity contribution in [3.63, 3.8) is 0 Å². The first-order valence-corrected chi connectivity index (χ1v) is 6.93. The van der Waals surface area contributed by atoms with Crippen LogP contribution in [0.4, 0.5) is 0 Å². The van der Waals surface area contributed by atoms with Crippen LogP contribution < -0.4 is 9.47 Å². The van der Waals surface area contributed by atoms with Gasteiger partial charge in [0.05, 0.1) is 25.5 Å². The number of hydrogen-bond donors (Lipinski definition) is 1. The molecule has 0 aliphatic carbocycles. The number of allylic oxidation sites excluding steroid dienone is 1. The highest BCUT2D eigenvalue weighted by atomic mass is 35.5. The summed E-state index contributed by atoms with van der Waals surface area (Å²) in [5, 5.41) is 12.5. The number of nitrogens with zero attached hydrogens (tertiary/aromatic N) is 1. The molecule has 0 aliphatic heterocycles. The summed E-state index contributed by atoms with van der Waals surface area (Å²) in [6.07, 6.45) is 1.31. The molecule has 0 saturated heterocycles. The second-order valence-corrected chi connectivity index (χ2v) is 4.81. The van der Waals surface area contributed by atoms with Gasteiger partial charge in [0, 0.05) is 5.57 Å². The van der Waals surface area contributed by atoms with Gasteiger partial charge in [-0.05, 0) is 47.5 Å². The van der Waals surface area contributed by atoms with Gasteiger partial charge in [0.1, 0.15) is 11.5 Å². The zero-order valence-corrected chi connectivity index (χ0v) is 13.0. The Balaban J connectivity index is 2.46. The Kier molecular flexibility index (Phi) is 5.44. The van der Waals surface area contributed by atoms with Crippen LogP contribution in [0.1, 0.15) is 11.1 Å². The Morgan fingerprint density at radius 2 is 1.36 bits per heavy atom. The molecule has 0 aliphatic rings. The SMILES string of the molecule is COc1ccc(/C(Cl)=C(/C=N\O)c2ccc(OC)cc2)cc1. The second kappa shape index (κ2) is 7.52. The number of hydrogen-bond acceptors (Lipinski definition) is 4. The van der Waals surface area contributed by atoms with Crippen LogP contribution in [-0.4, -0.2) is 25.6 Å². The summed E-state index contributed by atoms with van der Waals surface area (Å²) >= 11 is 6.46. The van der Waals surface area contributed by atoms with Crippen LogP contribution in [0.2, 0.25) is 0 Å².